The number of aliphatic hydroxyl groups is 1. The summed E-state index contributed by atoms with van der Waals surface area (Å²) in [7, 11) is 0. The molecule has 0 aliphatic heterocycles. The fraction of sp³-hybridized carbons (Fsp3) is 0.846. The highest BCUT2D eigenvalue weighted by Gasteiger charge is 2.28. The Morgan fingerprint density at radius 3 is 2.00 bits per heavy atom. The lowest BCUT2D eigenvalue weighted by molar-refractivity contribution is -0.157. The molecule has 0 saturated heterocycles. The molecule has 0 saturated carbocycles. The maximum absolute atomic E-state index is 10.3. The van der Waals surface area contributed by atoms with Crippen LogP contribution in [0.15, 0.2) is 0 Å². The average Bonchev–Trinajstić information content (AvgIpc) is 2.27. The fourth-order valence-corrected chi connectivity index (χ4v) is 0.988. The monoisotopic (exact) mass is 262 g/mol. The van der Waals surface area contributed by atoms with Gasteiger partial charge in [-0.25, -0.2) is 4.79 Å². The number of carboxylic acids is 1. The number of carbonyl (C=O) groups excluding carboxylic acids is 1. The second-order valence-corrected chi connectivity index (χ2v) is 4.38. The predicted octanol–water partition coefficient (Wildman–Crippen LogP) is 2.36. The molecule has 0 aromatic carbocycles. The van der Waals surface area contributed by atoms with Crippen molar-refractivity contribution < 1.29 is 24.5 Å². The summed E-state index contributed by atoms with van der Waals surface area (Å²) >= 11 is 0. The number of aliphatic carboxylic acids is 1. The second-order valence-electron chi connectivity index (χ2n) is 4.38. The van der Waals surface area contributed by atoms with Crippen molar-refractivity contribution in [3.63, 3.8) is 0 Å². The van der Waals surface area contributed by atoms with Crippen LogP contribution in [0.4, 0.5) is 0 Å². The molecule has 0 aromatic rings. The Morgan fingerprint density at radius 1 is 1.17 bits per heavy atom. The largest absolute Gasteiger partial charge is 0.479 e. The van der Waals surface area contributed by atoms with Crippen molar-refractivity contribution in [3.8, 4) is 0 Å². The first-order valence-electron chi connectivity index (χ1n) is 6.37. The Balaban J connectivity index is 0. The molecular weight excluding hydrogens is 236 g/mol. The highest BCUT2D eigenvalue weighted by Crippen LogP contribution is 2.12. The lowest BCUT2D eigenvalue weighted by atomic mass is 10.00. The molecule has 1 atom stereocenters. The molecule has 5 nitrogen and oxygen atoms in total. The number of carboxylic acid groups (broad SMARTS) is 1. The maximum atomic E-state index is 10.3. The maximum Gasteiger partial charge on any atom is 0.335 e. The molecule has 0 fully saturated rings. The van der Waals surface area contributed by atoms with Crippen molar-refractivity contribution in [3.05, 3.63) is 0 Å². The Labute approximate surface area is 109 Å². The van der Waals surface area contributed by atoms with Crippen molar-refractivity contribution in [2.75, 3.05) is 6.61 Å². The first-order valence-corrected chi connectivity index (χ1v) is 6.37. The zero-order valence-electron chi connectivity index (χ0n) is 11.9. The summed E-state index contributed by atoms with van der Waals surface area (Å²) in [5.41, 5.74) is -1.53. The highest BCUT2D eigenvalue weighted by atomic mass is 16.5. The molecule has 0 heterocycles. The van der Waals surface area contributed by atoms with E-state index in [4.69, 9.17) is 10.2 Å². The standard InChI is InChI=1S/C7H14O3.C6H12O2/c1-3-4-5-7(2,10)6(8)9;1-3-4-5-8-6(2)7/h10H,3-5H2,1-2H3,(H,8,9);3-5H2,1-2H3. The third-order valence-corrected chi connectivity index (χ3v) is 2.28. The minimum atomic E-state index is -1.53. The first kappa shape index (κ1) is 19.2. The quantitative estimate of drug-likeness (QED) is 0.543. The van der Waals surface area contributed by atoms with E-state index in [1.807, 2.05) is 6.92 Å². The van der Waals surface area contributed by atoms with Crippen LogP contribution < -0.4 is 0 Å². The van der Waals surface area contributed by atoms with Gasteiger partial charge in [0.2, 0.25) is 0 Å². The zero-order valence-corrected chi connectivity index (χ0v) is 11.9. The molecule has 0 radical (unpaired) electrons. The van der Waals surface area contributed by atoms with Crippen LogP contribution in [0.25, 0.3) is 0 Å². The van der Waals surface area contributed by atoms with Gasteiger partial charge in [-0.15, -0.1) is 0 Å². The molecule has 1 unspecified atom stereocenters. The summed E-state index contributed by atoms with van der Waals surface area (Å²) < 4.78 is 4.64. The Morgan fingerprint density at radius 2 is 1.67 bits per heavy atom. The number of rotatable bonds is 7. The zero-order chi connectivity index (χ0) is 14.6. The SMILES string of the molecule is CCCCC(C)(O)C(=O)O.CCCCOC(C)=O. The Hall–Kier alpha value is -1.10. The van der Waals surface area contributed by atoms with E-state index in [-0.39, 0.29) is 5.97 Å². The molecule has 0 aliphatic rings. The minimum Gasteiger partial charge on any atom is -0.479 e. The first-order chi connectivity index (χ1) is 8.27. The van der Waals surface area contributed by atoms with Crippen LogP contribution in [0.2, 0.25) is 0 Å². The van der Waals surface area contributed by atoms with Crippen molar-refractivity contribution >= 4 is 11.9 Å². The normalized spacial score (nSPS) is 12.9. The van der Waals surface area contributed by atoms with Crippen LogP contribution in [0.5, 0.6) is 0 Å². The smallest absolute Gasteiger partial charge is 0.335 e. The van der Waals surface area contributed by atoms with Gasteiger partial charge in [0.15, 0.2) is 5.60 Å². The Kier molecular flexibility index (Phi) is 11.8. The topological polar surface area (TPSA) is 83.8 Å². The molecule has 0 bridgehead atoms. The number of unbranched alkanes of at least 4 members (excludes halogenated alkanes) is 2. The van der Waals surface area contributed by atoms with E-state index in [1.165, 1.54) is 13.8 Å². The van der Waals surface area contributed by atoms with E-state index in [9.17, 15) is 9.59 Å². The van der Waals surface area contributed by atoms with Crippen LogP contribution >= 0.6 is 0 Å². The van der Waals surface area contributed by atoms with E-state index in [1.54, 1.807) is 0 Å². The van der Waals surface area contributed by atoms with Crippen LogP contribution in [-0.4, -0.2) is 34.4 Å². The number of carbonyl (C=O) groups is 2. The van der Waals surface area contributed by atoms with E-state index >= 15 is 0 Å². The van der Waals surface area contributed by atoms with Gasteiger partial charge in [-0.1, -0.05) is 33.1 Å². The van der Waals surface area contributed by atoms with Gasteiger partial charge in [0, 0.05) is 6.92 Å². The van der Waals surface area contributed by atoms with Crippen molar-refractivity contribution in [1.82, 2.24) is 0 Å². The van der Waals surface area contributed by atoms with E-state index < -0.39 is 11.6 Å². The molecule has 5 heteroatoms. The summed E-state index contributed by atoms with van der Waals surface area (Å²) in [5.74, 6) is -1.32. The molecule has 0 aliphatic carbocycles. The van der Waals surface area contributed by atoms with Gasteiger partial charge in [-0.2, -0.15) is 0 Å². The lowest BCUT2D eigenvalue weighted by Gasteiger charge is -2.16. The summed E-state index contributed by atoms with van der Waals surface area (Å²) in [6.07, 6.45) is 4.04. The average molecular weight is 262 g/mol. The number of ether oxygens (including phenoxy) is 1. The number of esters is 1. The molecule has 0 amide bonds. The van der Waals surface area contributed by atoms with Gasteiger partial charge >= 0.3 is 11.9 Å². The second kappa shape index (κ2) is 11.0. The van der Waals surface area contributed by atoms with Gasteiger partial charge < -0.3 is 14.9 Å². The third-order valence-electron chi connectivity index (χ3n) is 2.28. The van der Waals surface area contributed by atoms with Gasteiger partial charge in [-0.3, -0.25) is 4.79 Å². The van der Waals surface area contributed by atoms with Crippen LogP contribution in [0, 0.1) is 0 Å². The fourth-order valence-electron chi connectivity index (χ4n) is 0.988. The Bertz CT molecular complexity index is 236. The van der Waals surface area contributed by atoms with E-state index in [0.29, 0.717) is 13.0 Å². The number of hydrogen-bond donors (Lipinski definition) is 2. The molecule has 0 rings (SSSR count). The summed E-state index contributed by atoms with van der Waals surface area (Å²) in [5, 5.41) is 17.5. The van der Waals surface area contributed by atoms with Crippen molar-refractivity contribution in [2.24, 2.45) is 0 Å². The highest BCUT2D eigenvalue weighted by molar-refractivity contribution is 5.76. The van der Waals surface area contributed by atoms with Gasteiger partial charge in [-0.05, 0) is 19.8 Å². The van der Waals surface area contributed by atoms with Crippen LogP contribution in [-0.2, 0) is 14.3 Å². The summed E-state index contributed by atoms with van der Waals surface area (Å²) in [4.78, 5) is 20.4. The third kappa shape index (κ3) is 13.0. The predicted molar refractivity (Wildman–Crippen MR) is 69.3 cm³/mol. The summed E-state index contributed by atoms with van der Waals surface area (Å²) in [6.45, 7) is 7.34. The van der Waals surface area contributed by atoms with Gasteiger partial charge in [0.05, 0.1) is 6.61 Å². The van der Waals surface area contributed by atoms with E-state index in [0.717, 1.165) is 25.7 Å². The van der Waals surface area contributed by atoms with Crippen molar-refractivity contribution in [1.29, 1.82) is 0 Å². The van der Waals surface area contributed by atoms with Gasteiger partial charge in [0.25, 0.3) is 0 Å². The molecule has 2 N–H and O–H groups in total. The van der Waals surface area contributed by atoms with Crippen LogP contribution in [0.3, 0.4) is 0 Å². The van der Waals surface area contributed by atoms with E-state index in [2.05, 4.69) is 11.7 Å². The molecule has 18 heavy (non-hydrogen) atoms. The summed E-state index contributed by atoms with van der Waals surface area (Å²) in [6, 6.07) is 0. The molecule has 0 aromatic heterocycles. The lowest BCUT2D eigenvalue weighted by Crippen LogP contribution is -2.34. The molecule has 108 valence electrons. The molecule has 0 spiro atoms. The van der Waals surface area contributed by atoms with Gasteiger partial charge in [0.1, 0.15) is 0 Å². The van der Waals surface area contributed by atoms with Crippen LogP contribution in [0.1, 0.15) is 59.8 Å². The minimum absolute atomic E-state index is 0.182. The molecular formula is C13H26O5. The number of hydrogen-bond acceptors (Lipinski definition) is 4. The van der Waals surface area contributed by atoms with Crippen molar-refractivity contribution in [2.45, 2.75) is 65.4 Å².